The first-order chi connectivity index (χ1) is 12.5. The lowest BCUT2D eigenvalue weighted by atomic mass is 10.2. The third-order valence-corrected chi connectivity index (χ3v) is 3.23. The van der Waals surface area contributed by atoms with Gasteiger partial charge in [0.1, 0.15) is 6.04 Å². The predicted octanol–water partition coefficient (Wildman–Crippen LogP) is 0.769. The van der Waals surface area contributed by atoms with E-state index in [0.717, 1.165) is 5.56 Å². The standard InChI is InChI=1S/C18H22N4O4/c1-3-5-15(18(25)26-4-2)22-17(24)11-10-16(23)21-14-8-6-13(7-9-14)12-20-19/h1,6-9,12,15H,4-5,10-11,19H2,2H3,(H,21,23)(H,22,24). The lowest BCUT2D eigenvalue weighted by molar-refractivity contribution is -0.147. The first-order valence-electron chi connectivity index (χ1n) is 8.02. The van der Waals surface area contributed by atoms with E-state index in [1.54, 1.807) is 31.2 Å². The van der Waals surface area contributed by atoms with Crippen molar-refractivity contribution in [2.24, 2.45) is 10.9 Å². The zero-order valence-corrected chi connectivity index (χ0v) is 14.5. The molecule has 138 valence electrons. The number of benzene rings is 1. The van der Waals surface area contributed by atoms with Gasteiger partial charge in [-0.25, -0.2) is 4.79 Å². The van der Waals surface area contributed by atoms with Crippen LogP contribution < -0.4 is 16.5 Å². The molecule has 0 radical (unpaired) electrons. The molecule has 0 aliphatic heterocycles. The Hall–Kier alpha value is -3.34. The van der Waals surface area contributed by atoms with Crippen LogP contribution in [0.4, 0.5) is 5.69 Å². The van der Waals surface area contributed by atoms with E-state index in [4.69, 9.17) is 17.0 Å². The van der Waals surface area contributed by atoms with Crippen molar-refractivity contribution in [3.63, 3.8) is 0 Å². The van der Waals surface area contributed by atoms with Gasteiger partial charge in [0.2, 0.25) is 11.8 Å². The Kier molecular flexibility index (Phi) is 8.96. The van der Waals surface area contributed by atoms with E-state index < -0.39 is 17.9 Å². The Balaban J connectivity index is 2.46. The molecule has 0 aromatic heterocycles. The summed E-state index contributed by atoms with van der Waals surface area (Å²) in [5.41, 5.74) is 1.38. The summed E-state index contributed by atoms with van der Waals surface area (Å²) >= 11 is 0. The molecule has 1 aromatic rings. The van der Waals surface area contributed by atoms with Gasteiger partial charge in [-0.2, -0.15) is 5.10 Å². The van der Waals surface area contributed by atoms with Crippen LogP contribution in [0.25, 0.3) is 0 Å². The van der Waals surface area contributed by atoms with Crippen molar-refractivity contribution in [1.82, 2.24) is 5.32 Å². The van der Waals surface area contributed by atoms with Crippen LogP contribution in [0.3, 0.4) is 0 Å². The van der Waals surface area contributed by atoms with Crippen molar-refractivity contribution in [2.75, 3.05) is 11.9 Å². The molecule has 1 rings (SSSR count). The smallest absolute Gasteiger partial charge is 0.329 e. The fourth-order valence-corrected chi connectivity index (χ4v) is 2.01. The summed E-state index contributed by atoms with van der Waals surface area (Å²) in [6.45, 7) is 1.85. The lowest BCUT2D eigenvalue weighted by Crippen LogP contribution is -2.41. The number of nitrogens with zero attached hydrogens (tertiary/aromatic N) is 1. The van der Waals surface area contributed by atoms with Crippen LogP contribution in [0.2, 0.25) is 0 Å². The van der Waals surface area contributed by atoms with Gasteiger partial charge in [0, 0.05) is 24.9 Å². The average molecular weight is 358 g/mol. The van der Waals surface area contributed by atoms with E-state index in [0.29, 0.717) is 5.69 Å². The number of esters is 1. The number of hydrogen-bond donors (Lipinski definition) is 3. The molecule has 4 N–H and O–H groups in total. The van der Waals surface area contributed by atoms with E-state index in [9.17, 15) is 14.4 Å². The molecule has 0 fully saturated rings. The largest absolute Gasteiger partial charge is 0.464 e. The predicted molar refractivity (Wildman–Crippen MR) is 98.1 cm³/mol. The summed E-state index contributed by atoms with van der Waals surface area (Å²) in [5, 5.41) is 8.55. The molecule has 26 heavy (non-hydrogen) atoms. The fourth-order valence-electron chi connectivity index (χ4n) is 2.01. The zero-order valence-electron chi connectivity index (χ0n) is 14.5. The minimum Gasteiger partial charge on any atom is -0.464 e. The van der Waals surface area contributed by atoms with Gasteiger partial charge in [-0.15, -0.1) is 12.3 Å². The second kappa shape index (κ2) is 11.3. The Bertz CT molecular complexity index is 692. The van der Waals surface area contributed by atoms with Crippen molar-refractivity contribution in [2.45, 2.75) is 32.2 Å². The molecule has 0 saturated carbocycles. The number of hydrazone groups is 1. The molecule has 0 saturated heterocycles. The number of carbonyl (C=O) groups is 3. The molecule has 0 aliphatic rings. The lowest BCUT2D eigenvalue weighted by Gasteiger charge is -2.14. The summed E-state index contributed by atoms with van der Waals surface area (Å²) in [5.74, 6) is 5.99. The van der Waals surface area contributed by atoms with Gasteiger partial charge >= 0.3 is 5.97 Å². The van der Waals surface area contributed by atoms with Crippen molar-refractivity contribution < 1.29 is 19.1 Å². The molecule has 0 spiro atoms. The molecule has 0 bridgehead atoms. The number of nitrogens with two attached hydrogens (primary N) is 1. The minimum absolute atomic E-state index is 0.0230. The highest BCUT2D eigenvalue weighted by molar-refractivity contribution is 5.94. The first-order valence-corrected chi connectivity index (χ1v) is 8.02. The minimum atomic E-state index is -0.910. The maximum Gasteiger partial charge on any atom is 0.329 e. The Labute approximate surface area is 152 Å². The Morgan fingerprint density at radius 3 is 2.50 bits per heavy atom. The van der Waals surface area contributed by atoms with Crippen molar-refractivity contribution in [3.8, 4) is 12.3 Å². The first kappa shape index (κ1) is 20.7. The van der Waals surface area contributed by atoms with Gasteiger partial charge in [0.25, 0.3) is 0 Å². The van der Waals surface area contributed by atoms with Gasteiger partial charge in [-0.05, 0) is 24.6 Å². The third-order valence-electron chi connectivity index (χ3n) is 3.23. The van der Waals surface area contributed by atoms with Gasteiger partial charge in [-0.3, -0.25) is 9.59 Å². The zero-order chi connectivity index (χ0) is 19.4. The number of ether oxygens (including phenoxy) is 1. The number of nitrogens with one attached hydrogen (secondary N) is 2. The van der Waals surface area contributed by atoms with Crippen LogP contribution in [0, 0.1) is 12.3 Å². The van der Waals surface area contributed by atoms with E-state index in [-0.39, 0.29) is 31.8 Å². The molecule has 8 heteroatoms. The van der Waals surface area contributed by atoms with E-state index in [2.05, 4.69) is 21.7 Å². The number of hydrogen-bond acceptors (Lipinski definition) is 6. The number of terminal acetylenes is 1. The number of rotatable bonds is 9. The summed E-state index contributed by atoms with van der Waals surface area (Å²) in [7, 11) is 0. The molecular formula is C18H22N4O4. The van der Waals surface area contributed by atoms with Gasteiger partial charge in [0.15, 0.2) is 0 Å². The van der Waals surface area contributed by atoms with Crippen molar-refractivity contribution >= 4 is 29.7 Å². The van der Waals surface area contributed by atoms with Crippen LogP contribution >= 0.6 is 0 Å². The van der Waals surface area contributed by atoms with Crippen LogP contribution in [0.5, 0.6) is 0 Å². The summed E-state index contributed by atoms with van der Waals surface area (Å²) in [6.07, 6.45) is 6.57. The van der Waals surface area contributed by atoms with E-state index >= 15 is 0 Å². The summed E-state index contributed by atoms with van der Waals surface area (Å²) in [4.78, 5) is 35.5. The number of amides is 2. The van der Waals surface area contributed by atoms with Gasteiger partial charge in [0.05, 0.1) is 12.8 Å². The Morgan fingerprint density at radius 1 is 1.27 bits per heavy atom. The highest BCUT2D eigenvalue weighted by Crippen LogP contribution is 2.09. The van der Waals surface area contributed by atoms with Crippen LogP contribution in [-0.2, 0) is 19.1 Å². The molecule has 0 aliphatic carbocycles. The second-order valence-electron chi connectivity index (χ2n) is 5.23. The van der Waals surface area contributed by atoms with E-state index in [1.165, 1.54) is 6.21 Å². The average Bonchev–Trinajstić information content (AvgIpc) is 2.62. The van der Waals surface area contributed by atoms with Gasteiger partial charge in [-0.1, -0.05) is 12.1 Å². The topological polar surface area (TPSA) is 123 Å². The quantitative estimate of drug-likeness (QED) is 0.198. The number of anilines is 1. The normalized spacial score (nSPS) is 11.4. The molecule has 1 aromatic carbocycles. The Morgan fingerprint density at radius 2 is 1.92 bits per heavy atom. The summed E-state index contributed by atoms with van der Waals surface area (Å²) in [6, 6.07) is 5.95. The van der Waals surface area contributed by atoms with Crippen LogP contribution in [-0.4, -0.2) is 36.6 Å². The van der Waals surface area contributed by atoms with Crippen LogP contribution in [0.1, 0.15) is 31.7 Å². The highest BCUT2D eigenvalue weighted by Gasteiger charge is 2.21. The van der Waals surface area contributed by atoms with E-state index in [1.807, 2.05) is 0 Å². The fraction of sp³-hybridized carbons (Fsp3) is 0.333. The summed E-state index contributed by atoms with van der Waals surface area (Å²) < 4.78 is 4.84. The number of carbonyl (C=O) groups excluding carboxylic acids is 3. The SMILES string of the molecule is C#CCC(NC(=O)CCC(=O)Nc1ccc(C=NN)cc1)C(=O)OCC. The molecule has 8 nitrogen and oxygen atoms in total. The molecule has 0 heterocycles. The second-order valence-corrected chi connectivity index (χ2v) is 5.23. The third kappa shape index (κ3) is 7.49. The van der Waals surface area contributed by atoms with Gasteiger partial charge < -0.3 is 21.2 Å². The monoisotopic (exact) mass is 358 g/mol. The molecule has 1 atom stereocenters. The maximum absolute atomic E-state index is 11.9. The maximum atomic E-state index is 11.9. The highest BCUT2D eigenvalue weighted by atomic mass is 16.5. The molecular weight excluding hydrogens is 336 g/mol. The van der Waals surface area contributed by atoms with Crippen molar-refractivity contribution in [1.29, 1.82) is 0 Å². The van der Waals surface area contributed by atoms with Crippen molar-refractivity contribution in [3.05, 3.63) is 29.8 Å². The molecule has 2 amide bonds. The molecule has 1 unspecified atom stereocenters. The van der Waals surface area contributed by atoms with Crippen LogP contribution in [0.15, 0.2) is 29.4 Å².